The van der Waals surface area contributed by atoms with Crippen LogP contribution in [0.25, 0.3) is 21.5 Å². The second-order valence-corrected chi connectivity index (χ2v) is 9.15. The molecule has 0 unspecified atom stereocenters. The minimum absolute atomic E-state index is 0.194. The Hall–Kier alpha value is -2.88. The molecule has 3 nitrogen and oxygen atoms in total. The molecular weight excluding hydrogens is 493 g/mol. The Kier molecular flexibility index (Phi) is 7.98. The van der Waals surface area contributed by atoms with E-state index < -0.39 is 0 Å². The maximum atomic E-state index is 4.87. The molecular formula is C27H21Cl2FeN3. The van der Waals surface area contributed by atoms with Crippen molar-refractivity contribution in [1.29, 1.82) is 0 Å². The molecule has 0 aliphatic heterocycles. The van der Waals surface area contributed by atoms with E-state index in [9.17, 15) is 0 Å². The van der Waals surface area contributed by atoms with Crippen LogP contribution in [-0.4, -0.2) is 16.9 Å². The van der Waals surface area contributed by atoms with Gasteiger partial charge in [0.05, 0.1) is 34.7 Å². The van der Waals surface area contributed by atoms with Crippen LogP contribution in [-0.2, 0) is 13.1 Å². The van der Waals surface area contributed by atoms with Crippen molar-refractivity contribution >= 4 is 65.0 Å². The van der Waals surface area contributed by atoms with Crippen LogP contribution in [0.4, 0.5) is 11.4 Å². The normalized spacial score (nSPS) is 11.8. The van der Waals surface area contributed by atoms with Crippen LogP contribution in [0.1, 0.15) is 18.3 Å². The van der Waals surface area contributed by atoms with Crippen molar-refractivity contribution in [2.75, 3.05) is 0 Å². The number of aromatic amines is 1. The maximum absolute atomic E-state index is 4.87. The number of hydrogen-bond acceptors (Lipinski definition) is 2. The molecule has 0 fully saturated rings. The predicted molar refractivity (Wildman–Crippen MR) is 140 cm³/mol. The molecule has 1 N–H and O–H groups in total. The summed E-state index contributed by atoms with van der Waals surface area (Å²) in [7, 11) is 9.53. The van der Waals surface area contributed by atoms with Gasteiger partial charge in [-0.1, -0.05) is 72.8 Å². The van der Waals surface area contributed by atoms with Crippen LogP contribution < -0.4 is 0 Å². The first-order chi connectivity index (χ1) is 16.2. The number of aliphatic imine (C=N–C) groups is 2. The minimum atomic E-state index is 0.194. The van der Waals surface area contributed by atoms with Gasteiger partial charge in [-0.3, -0.25) is 9.98 Å². The van der Waals surface area contributed by atoms with Crippen LogP contribution in [0.2, 0.25) is 0 Å². The predicted octanol–water partition coefficient (Wildman–Crippen LogP) is 8.59. The van der Waals surface area contributed by atoms with Crippen molar-refractivity contribution in [2.45, 2.75) is 6.92 Å². The molecule has 5 aromatic rings. The van der Waals surface area contributed by atoms with Crippen molar-refractivity contribution in [3.8, 4) is 0 Å². The standard InChI is InChI=1S/C27H21N3.2ClH.Fe/c1-19(29-27-15-7-11-21-9-3-5-13-24(21)27)25-17-16-22(30-25)18-28-26-14-6-10-20-8-2-4-12-23(20)26;;;/h2-18,30H,1H3;2*1H;/q;;;+2/p-2. The molecule has 0 aliphatic rings. The van der Waals surface area contributed by atoms with Gasteiger partial charge in [-0.2, -0.15) is 0 Å². The van der Waals surface area contributed by atoms with E-state index >= 15 is 0 Å². The van der Waals surface area contributed by atoms with Gasteiger partial charge in [0.25, 0.3) is 0 Å². The second-order valence-electron chi connectivity index (χ2n) is 7.33. The van der Waals surface area contributed by atoms with Gasteiger partial charge in [0.1, 0.15) is 0 Å². The van der Waals surface area contributed by atoms with Crippen LogP contribution in [0, 0.1) is 0 Å². The van der Waals surface area contributed by atoms with Crippen LogP contribution in [0.5, 0.6) is 0 Å². The molecule has 33 heavy (non-hydrogen) atoms. The Morgan fingerprint density at radius 2 is 1.27 bits per heavy atom. The zero-order valence-electron chi connectivity index (χ0n) is 17.8. The molecule has 0 saturated heterocycles. The summed E-state index contributed by atoms with van der Waals surface area (Å²) in [6.45, 7) is 2.03. The Morgan fingerprint density at radius 3 is 1.94 bits per heavy atom. The number of H-pyrrole nitrogens is 1. The summed E-state index contributed by atoms with van der Waals surface area (Å²) in [5.74, 6) is 0. The van der Waals surface area contributed by atoms with E-state index in [1.54, 1.807) is 0 Å². The van der Waals surface area contributed by atoms with Gasteiger partial charge in [0, 0.05) is 10.8 Å². The fraction of sp³-hybridized carbons (Fsp3) is 0.0370. The van der Waals surface area contributed by atoms with Crippen molar-refractivity contribution < 1.29 is 13.1 Å². The van der Waals surface area contributed by atoms with E-state index in [1.807, 2.05) is 55.6 Å². The summed E-state index contributed by atoms with van der Waals surface area (Å²) in [4.78, 5) is 13.0. The Morgan fingerprint density at radius 1 is 0.727 bits per heavy atom. The molecule has 0 amide bonds. The quantitative estimate of drug-likeness (QED) is 0.184. The summed E-state index contributed by atoms with van der Waals surface area (Å²) in [6.07, 6.45) is 1.87. The number of benzene rings is 4. The number of hydrogen-bond donors (Lipinski definition) is 1. The van der Waals surface area contributed by atoms with Crippen LogP contribution >= 0.6 is 20.2 Å². The number of rotatable bonds is 4. The first kappa shape index (κ1) is 23.3. The van der Waals surface area contributed by atoms with E-state index in [4.69, 9.17) is 30.2 Å². The topological polar surface area (TPSA) is 40.5 Å². The SMILES string of the molecule is CC(=Nc1cccc2ccccc12)c1ccc(C=Nc2cccc3ccccc23)[nH]1.[Cl][Fe][Cl]. The number of nitrogens with one attached hydrogen (secondary N) is 1. The zero-order valence-corrected chi connectivity index (χ0v) is 20.4. The second kappa shape index (κ2) is 11.3. The van der Waals surface area contributed by atoms with Gasteiger partial charge < -0.3 is 4.98 Å². The molecule has 6 heteroatoms. The fourth-order valence-electron chi connectivity index (χ4n) is 3.70. The third kappa shape index (κ3) is 5.73. The first-order valence-electron chi connectivity index (χ1n) is 10.3. The summed E-state index contributed by atoms with van der Waals surface area (Å²) in [5.41, 5.74) is 4.82. The van der Waals surface area contributed by atoms with Gasteiger partial charge in [-0.25, -0.2) is 0 Å². The molecule has 5 rings (SSSR count). The molecule has 0 radical (unpaired) electrons. The molecule has 166 valence electrons. The molecule has 0 atom stereocenters. The van der Waals surface area contributed by atoms with Crippen molar-refractivity contribution in [3.05, 3.63) is 108 Å². The molecule has 4 aromatic carbocycles. The monoisotopic (exact) mass is 513 g/mol. The number of aromatic nitrogens is 1. The van der Waals surface area contributed by atoms with Gasteiger partial charge >= 0.3 is 33.3 Å². The van der Waals surface area contributed by atoms with Crippen LogP contribution in [0.3, 0.4) is 0 Å². The average Bonchev–Trinajstić information content (AvgIpc) is 3.33. The summed E-state index contributed by atoms with van der Waals surface area (Å²) < 4.78 is 0. The third-order valence-corrected chi connectivity index (χ3v) is 5.26. The fourth-order valence-corrected chi connectivity index (χ4v) is 3.70. The van der Waals surface area contributed by atoms with Gasteiger partial charge in [0.15, 0.2) is 0 Å². The number of nitrogens with zero attached hydrogens (tertiary/aromatic N) is 2. The molecule has 1 heterocycles. The van der Waals surface area contributed by atoms with Crippen molar-refractivity contribution in [2.24, 2.45) is 9.98 Å². The van der Waals surface area contributed by atoms with Crippen LogP contribution in [0.15, 0.2) is 107 Å². The third-order valence-electron chi connectivity index (χ3n) is 5.26. The van der Waals surface area contributed by atoms with Gasteiger partial charge in [0.2, 0.25) is 0 Å². The summed E-state index contributed by atoms with van der Waals surface area (Å²) in [6, 6.07) is 33.1. The summed E-state index contributed by atoms with van der Waals surface area (Å²) >= 11 is 0.194. The molecule has 1 aromatic heterocycles. The first-order valence-corrected chi connectivity index (χ1v) is 13.3. The van der Waals surface area contributed by atoms with E-state index in [-0.39, 0.29) is 13.1 Å². The van der Waals surface area contributed by atoms with E-state index in [0.29, 0.717) is 0 Å². The summed E-state index contributed by atoms with van der Waals surface area (Å²) in [5, 5.41) is 4.69. The molecule has 0 spiro atoms. The average molecular weight is 514 g/mol. The Labute approximate surface area is 207 Å². The molecule has 0 bridgehead atoms. The van der Waals surface area contributed by atoms with Crippen molar-refractivity contribution in [1.82, 2.24) is 4.98 Å². The number of halogens is 2. The van der Waals surface area contributed by atoms with Gasteiger partial charge in [-0.05, 0) is 42.0 Å². The molecule has 0 saturated carbocycles. The van der Waals surface area contributed by atoms with E-state index in [1.165, 1.54) is 10.8 Å². The van der Waals surface area contributed by atoms with Crippen molar-refractivity contribution in [3.63, 3.8) is 0 Å². The van der Waals surface area contributed by atoms with Gasteiger partial charge in [-0.15, -0.1) is 0 Å². The molecule has 0 aliphatic carbocycles. The zero-order chi connectivity index (χ0) is 23.0. The van der Waals surface area contributed by atoms with E-state index in [0.717, 1.165) is 39.2 Å². The van der Waals surface area contributed by atoms with E-state index in [2.05, 4.69) is 59.6 Å². The Balaban J connectivity index is 0.000000821. The number of fused-ring (bicyclic) bond motifs is 2. The Bertz CT molecular complexity index is 1430.